The molecule has 0 unspecified atom stereocenters. The van der Waals surface area contributed by atoms with Crippen LogP contribution in [0.2, 0.25) is 0 Å². The number of halogens is 1. The van der Waals surface area contributed by atoms with E-state index in [-0.39, 0.29) is 28.2 Å². The largest absolute Gasteiger partial charge is 0.455 e. The monoisotopic (exact) mass is 400 g/mol. The van der Waals surface area contributed by atoms with Crippen LogP contribution in [0, 0.1) is 5.82 Å². The van der Waals surface area contributed by atoms with E-state index in [1.807, 2.05) is 0 Å². The average molecular weight is 400 g/mol. The molecule has 3 aromatic rings. The Morgan fingerprint density at radius 3 is 2.62 bits per heavy atom. The SMILES string of the molecule is CN1CCN(Cc2ccc(C(=O)Nc3c(C(N)=O)oc4ccc(F)cc34)o2)CC1. The summed E-state index contributed by atoms with van der Waals surface area (Å²) in [5, 5.41) is 2.81. The Kier molecular flexibility index (Phi) is 5.08. The van der Waals surface area contributed by atoms with E-state index in [1.165, 1.54) is 18.2 Å². The lowest BCUT2D eigenvalue weighted by atomic mass is 10.2. The maximum Gasteiger partial charge on any atom is 0.291 e. The molecule has 1 aliphatic heterocycles. The zero-order valence-electron chi connectivity index (χ0n) is 15.9. The van der Waals surface area contributed by atoms with Gasteiger partial charge >= 0.3 is 0 Å². The first kappa shape index (κ1) is 19.2. The van der Waals surface area contributed by atoms with Crippen LogP contribution in [0.25, 0.3) is 11.0 Å². The van der Waals surface area contributed by atoms with Gasteiger partial charge < -0.3 is 24.8 Å². The highest BCUT2D eigenvalue weighted by molar-refractivity contribution is 6.13. The van der Waals surface area contributed by atoms with Crippen molar-refractivity contribution in [3.8, 4) is 0 Å². The molecule has 4 rings (SSSR count). The molecule has 29 heavy (non-hydrogen) atoms. The molecule has 8 nitrogen and oxygen atoms in total. The molecule has 2 aromatic heterocycles. The molecular weight excluding hydrogens is 379 g/mol. The van der Waals surface area contributed by atoms with Crippen LogP contribution in [0.15, 0.2) is 39.2 Å². The minimum absolute atomic E-state index is 0.0222. The van der Waals surface area contributed by atoms with Gasteiger partial charge in [-0.3, -0.25) is 14.5 Å². The Morgan fingerprint density at radius 2 is 1.90 bits per heavy atom. The van der Waals surface area contributed by atoms with Crippen molar-refractivity contribution in [1.82, 2.24) is 9.80 Å². The normalized spacial score (nSPS) is 15.7. The van der Waals surface area contributed by atoms with Crippen molar-refractivity contribution < 1.29 is 22.8 Å². The number of amides is 2. The lowest BCUT2D eigenvalue weighted by Crippen LogP contribution is -2.43. The summed E-state index contributed by atoms with van der Waals surface area (Å²) in [6.07, 6.45) is 0. The van der Waals surface area contributed by atoms with Gasteiger partial charge in [0.05, 0.1) is 6.54 Å². The standard InChI is InChI=1S/C20H21FN4O4/c1-24-6-8-25(9-7-24)11-13-3-5-16(28-13)20(27)23-17-14-10-12(21)2-4-15(14)29-18(17)19(22)26/h2-5,10H,6-9,11H2,1H3,(H2,22,26)(H,23,27). The van der Waals surface area contributed by atoms with Crippen molar-refractivity contribution in [2.75, 3.05) is 38.5 Å². The van der Waals surface area contributed by atoms with E-state index >= 15 is 0 Å². The third-order valence-electron chi connectivity index (χ3n) is 4.97. The molecule has 0 spiro atoms. The smallest absolute Gasteiger partial charge is 0.291 e. The summed E-state index contributed by atoms with van der Waals surface area (Å²) < 4.78 is 24.7. The number of rotatable bonds is 5. The van der Waals surface area contributed by atoms with Gasteiger partial charge in [0.25, 0.3) is 11.8 Å². The molecule has 9 heteroatoms. The fourth-order valence-electron chi connectivity index (χ4n) is 3.35. The molecule has 3 N–H and O–H groups in total. The van der Waals surface area contributed by atoms with Crippen LogP contribution < -0.4 is 11.1 Å². The van der Waals surface area contributed by atoms with Crippen LogP contribution in [-0.2, 0) is 6.54 Å². The van der Waals surface area contributed by atoms with Gasteiger partial charge in [-0.2, -0.15) is 0 Å². The summed E-state index contributed by atoms with van der Waals surface area (Å²) in [5.74, 6) is -1.48. The highest BCUT2D eigenvalue weighted by atomic mass is 19.1. The molecule has 0 atom stereocenters. The second kappa shape index (κ2) is 7.69. The third kappa shape index (κ3) is 4.01. The van der Waals surface area contributed by atoms with E-state index in [0.717, 1.165) is 26.2 Å². The van der Waals surface area contributed by atoms with E-state index in [4.69, 9.17) is 14.6 Å². The first-order chi connectivity index (χ1) is 13.9. The maximum absolute atomic E-state index is 13.6. The highest BCUT2D eigenvalue weighted by Crippen LogP contribution is 2.32. The average Bonchev–Trinajstić information content (AvgIpc) is 3.29. The molecule has 1 aromatic carbocycles. The van der Waals surface area contributed by atoms with Crippen LogP contribution in [0.4, 0.5) is 10.1 Å². The molecule has 0 saturated carbocycles. The lowest BCUT2D eigenvalue weighted by molar-refractivity contribution is 0.0977. The predicted octanol–water partition coefficient (Wildman–Crippen LogP) is 2.26. The summed E-state index contributed by atoms with van der Waals surface area (Å²) in [6.45, 7) is 4.41. The number of fused-ring (bicyclic) bond motifs is 1. The molecule has 0 aliphatic carbocycles. The zero-order valence-corrected chi connectivity index (χ0v) is 15.9. The number of hydrogen-bond donors (Lipinski definition) is 2. The summed E-state index contributed by atoms with van der Waals surface area (Å²) in [6, 6.07) is 7.04. The first-order valence-electron chi connectivity index (χ1n) is 9.23. The number of carbonyl (C=O) groups is 2. The molecule has 1 aliphatic rings. The van der Waals surface area contributed by atoms with Crippen LogP contribution in [-0.4, -0.2) is 54.8 Å². The summed E-state index contributed by atoms with van der Waals surface area (Å²) >= 11 is 0. The predicted molar refractivity (Wildman–Crippen MR) is 104 cm³/mol. The zero-order chi connectivity index (χ0) is 20.5. The van der Waals surface area contributed by atoms with Gasteiger partial charge in [0, 0.05) is 31.6 Å². The van der Waals surface area contributed by atoms with Crippen LogP contribution in [0.3, 0.4) is 0 Å². The maximum atomic E-state index is 13.6. The Morgan fingerprint density at radius 1 is 1.14 bits per heavy atom. The minimum atomic E-state index is -0.868. The molecule has 3 heterocycles. The molecule has 152 valence electrons. The number of nitrogens with two attached hydrogens (primary N) is 1. The Balaban J connectivity index is 1.53. The number of likely N-dealkylation sites (N-methyl/N-ethyl adjacent to an activating group) is 1. The van der Waals surface area contributed by atoms with Gasteiger partial charge in [-0.05, 0) is 37.4 Å². The van der Waals surface area contributed by atoms with Crippen molar-refractivity contribution in [2.24, 2.45) is 5.73 Å². The van der Waals surface area contributed by atoms with Crippen molar-refractivity contribution in [1.29, 1.82) is 0 Å². The molecule has 2 amide bonds. The number of nitrogens with zero attached hydrogens (tertiary/aromatic N) is 2. The number of anilines is 1. The van der Waals surface area contributed by atoms with E-state index in [1.54, 1.807) is 12.1 Å². The van der Waals surface area contributed by atoms with Crippen LogP contribution in [0.5, 0.6) is 0 Å². The number of hydrogen-bond acceptors (Lipinski definition) is 6. The van der Waals surface area contributed by atoms with Crippen molar-refractivity contribution in [3.63, 3.8) is 0 Å². The van der Waals surface area contributed by atoms with Crippen LogP contribution >= 0.6 is 0 Å². The number of primary amides is 1. The second-order valence-electron chi connectivity index (χ2n) is 7.11. The Labute approximate surface area is 166 Å². The summed E-state index contributed by atoms with van der Waals surface area (Å²) in [4.78, 5) is 28.8. The molecule has 0 bridgehead atoms. The topological polar surface area (TPSA) is 105 Å². The Hall–Kier alpha value is -3.17. The van der Waals surface area contributed by atoms with Gasteiger partial charge in [0.15, 0.2) is 5.76 Å². The second-order valence-corrected chi connectivity index (χ2v) is 7.11. The van der Waals surface area contributed by atoms with E-state index in [2.05, 4.69) is 22.2 Å². The molecular formula is C20H21FN4O4. The summed E-state index contributed by atoms with van der Waals surface area (Å²) in [7, 11) is 2.08. The minimum Gasteiger partial charge on any atom is -0.455 e. The van der Waals surface area contributed by atoms with Crippen molar-refractivity contribution >= 4 is 28.5 Å². The van der Waals surface area contributed by atoms with E-state index < -0.39 is 17.6 Å². The van der Waals surface area contributed by atoms with Crippen molar-refractivity contribution in [2.45, 2.75) is 6.54 Å². The Bertz CT molecular complexity index is 1070. The number of carbonyl (C=O) groups excluding carboxylic acids is 2. The van der Waals surface area contributed by atoms with Gasteiger partial charge in [-0.25, -0.2) is 4.39 Å². The van der Waals surface area contributed by atoms with E-state index in [9.17, 15) is 14.0 Å². The number of benzene rings is 1. The van der Waals surface area contributed by atoms with E-state index in [0.29, 0.717) is 12.3 Å². The molecule has 1 saturated heterocycles. The lowest BCUT2D eigenvalue weighted by Gasteiger charge is -2.31. The fraction of sp³-hybridized carbons (Fsp3) is 0.300. The quantitative estimate of drug-likeness (QED) is 0.681. The molecule has 1 fully saturated rings. The van der Waals surface area contributed by atoms with Gasteiger partial charge in [0.2, 0.25) is 5.76 Å². The van der Waals surface area contributed by atoms with Gasteiger partial charge in [-0.1, -0.05) is 0 Å². The van der Waals surface area contributed by atoms with Crippen LogP contribution in [0.1, 0.15) is 26.9 Å². The highest BCUT2D eigenvalue weighted by Gasteiger charge is 2.23. The van der Waals surface area contributed by atoms with Crippen molar-refractivity contribution in [3.05, 3.63) is 53.4 Å². The third-order valence-corrected chi connectivity index (χ3v) is 4.97. The first-order valence-corrected chi connectivity index (χ1v) is 9.23. The molecule has 0 radical (unpaired) electrons. The van der Waals surface area contributed by atoms with Gasteiger partial charge in [-0.15, -0.1) is 0 Å². The number of nitrogens with one attached hydrogen (secondary N) is 1. The fourth-order valence-corrected chi connectivity index (χ4v) is 3.35. The summed E-state index contributed by atoms with van der Waals surface area (Å²) in [5.41, 5.74) is 5.60. The van der Waals surface area contributed by atoms with Gasteiger partial charge in [0.1, 0.15) is 22.8 Å². The number of furan rings is 2. The number of piperazine rings is 1.